The van der Waals surface area contributed by atoms with E-state index in [1.54, 1.807) is 18.2 Å². The molecule has 2 amide bonds. The Balaban J connectivity index is 1.50. The van der Waals surface area contributed by atoms with Crippen LogP contribution < -0.4 is 10.9 Å². The fraction of sp³-hybridized carbons (Fsp3) is 0.100. The molecule has 0 radical (unpaired) electrons. The van der Waals surface area contributed by atoms with Crippen molar-refractivity contribution < 1.29 is 14.0 Å². The lowest BCUT2D eigenvalue weighted by Crippen LogP contribution is -2.43. The van der Waals surface area contributed by atoms with Gasteiger partial charge in [-0.15, -0.1) is 11.8 Å². The van der Waals surface area contributed by atoms with Crippen LogP contribution in [0, 0.1) is 5.82 Å². The molecule has 0 aromatic heterocycles. The summed E-state index contributed by atoms with van der Waals surface area (Å²) in [5.74, 6) is -1.07. The maximum Gasteiger partial charge on any atom is 0.248 e. The molecule has 0 aliphatic carbocycles. The minimum absolute atomic E-state index is 0.00941. The number of carbonyl (C=O) groups excluding carboxylic acids is 2. The van der Waals surface area contributed by atoms with Crippen LogP contribution >= 0.6 is 11.8 Å². The zero-order chi connectivity index (χ0) is 18.4. The summed E-state index contributed by atoms with van der Waals surface area (Å²) in [6.45, 7) is 0. The SMILES string of the molecule is O=C(CSc1ccccc1F)NNC(=O)Cc1cccc2ccccc12. The lowest BCUT2D eigenvalue weighted by molar-refractivity contribution is -0.127. The van der Waals surface area contributed by atoms with Crippen LogP contribution in [0.15, 0.2) is 71.6 Å². The Kier molecular flexibility index (Phi) is 5.86. The van der Waals surface area contributed by atoms with Crippen molar-refractivity contribution >= 4 is 34.3 Å². The Morgan fingerprint density at radius 1 is 0.846 bits per heavy atom. The van der Waals surface area contributed by atoms with Gasteiger partial charge in [-0.05, 0) is 28.5 Å². The van der Waals surface area contributed by atoms with Crippen molar-refractivity contribution in [1.82, 2.24) is 10.9 Å². The first-order valence-corrected chi connectivity index (χ1v) is 9.04. The zero-order valence-corrected chi connectivity index (χ0v) is 14.7. The molecule has 0 bridgehead atoms. The number of benzene rings is 3. The minimum Gasteiger partial charge on any atom is -0.273 e. The standard InChI is InChI=1S/C20H17FN2O2S/c21-17-10-3-4-11-18(17)26-13-20(25)23-22-19(24)12-15-8-5-7-14-6-1-2-9-16(14)15/h1-11H,12-13H2,(H,22,24)(H,23,25). The third kappa shape index (κ3) is 4.61. The predicted molar refractivity (Wildman–Crippen MR) is 101 cm³/mol. The number of fused-ring (bicyclic) bond motifs is 1. The number of halogens is 1. The summed E-state index contributed by atoms with van der Waals surface area (Å²) in [4.78, 5) is 24.3. The number of nitrogens with one attached hydrogen (secondary N) is 2. The summed E-state index contributed by atoms with van der Waals surface area (Å²) < 4.78 is 13.5. The van der Waals surface area contributed by atoms with Crippen molar-refractivity contribution in [2.75, 3.05) is 5.75 Å². The second-order valence-corrected chi connectivity index (χ2v) is 6.65. The van der Waals surface area contributed by atoms with Crippen LogP contribution in [-0.4, -0.2) is 17.6 Å². The van der Waals surface area contributed by atoms with Crippen LogP contribution in [0.3, 0.4) is 0 Å². The lowest BCUT2D eigenvalue weighted by atomic mass is 10.0. The predicted octanol–water partition coefficient (Wildman–Crippen LogP) is 3.46. The van der Waals surface area contributed by atoms with Gasteiger partial charge >= 0.3 is 0 Å². The quantitative estimate of drug-likeness (QED) is 0.536. The number of thioether (sulfide) groups is 1. The molecular weight excluding hydrogens is 351 g/mol. The molecule has 0 unspecified atom stereocenters. The molecule has 26 heavy (non-hydrogen) atoms. The van der Waals surface area contributed by atoms with E-state index < -0.39 is 5.91 Å². The first kappa shape index (κ1) is 17.9. The average Bonchev–Trinajstić information content (AvgIpc) is 2.66. The van der Waals surface area contributed by atoms with Gasteiger partial charge in [0.15, 0.2) is 0 Å². The van der Waals surface area contributed by atoms with Crippen molar-refractivity contribution in [3.05, 3.63) is 78.1 Å². The van der Waals surface area contributed by atoms with Gasteiger partial charge < -0.3 is 0 Å². The van der Waals surface area contributed by atoms with Crippen LogP contribution in [0.1, 0.15) is 5.56 Å². The highest BCUT2D eigenvalue weighted by molar-refractivity contribution is 8.00. The highest BCUT2D eigenvalue weighted by Gasteiger charge is 2.09. The zero-order valence-electron chi connectivity index (χ0n) is 13.9. The molecule has 0 atom stereocenters. The van der Waals surface area contributed by atoms with Crippen LogP contribution in [-0.2, 0) is 16.0 Å². The van der Waals surface area contributed by atoms with E-state index in [-0.39, 0.29) is 23.9 Å². The fourth-order valence-corrected chi connectivity index (χ4v) is 3.28. The Morgan fingerprint density at radius 2 is 1.54 bits per heavy atom. The van der Waals surface area contributed by atoms with E-state index in [1.165, 1.54) is 6.07 Å². The summed E-state index contributed by atoms with van der Waals surface area (Å²) in [5, 5.41) is 2.06. The number of hydrazine groups is 1. The summed E-state index contributed by atoms with van der Waals surface area (Å²) in [7, 11) is 0. The molecule has 3 aromatic carbocycles. The second kappa shape index (κ2) is 8.49. The molecule has 0 saturated carbocycles. The van der Waals surface area contributed by atoms with E-state index in [1.807, 2.05) is 42.5 Å². The van der Waals surface area contributed by atoms with E-state index in [0.717, 1.165) is 28.1 Å². The third-order valence-electron chi connectivity index (χ3n) is 3.77. The number of hydrogen-bond donors (Lipinski definition) is 2. The monoisotopic (exact) mass is 368 g/mol. The van der Waals surface area contributed by atoms with Crippen LogP contribution in [0.25, 0.3) is 10.8 Å². The molecular formula is C20H17FN2O2S. The highest BCUT2D eigenvalue weighted by Crippen LogP contribution is 2.21. The number of amides is 2. The number of rotatable bonds is 5. The summed E-state index contributed by atoms with van der Waals surface area (Å²) in [6.07, 6.45) is 0.155. The third-order valence-corrected chi connectivity index (χ3v) is 4.82. The Morgan fingerprint density at radius 3 is 2.38 bits per heavy atom. The normalized spacial score (nSPS) is 10.5. The van der Waals surface area contributed by atoms with Gasteiger partial charge in [-0.1, -0.05) is 54.6 Å². The second-order valence-electron chi connectivity index (χ2n) is 5.63. The van der Waals surface area contributed by atoms with E-state index in [2.05, 4.69) is 10.9 Å². The highest BCUT2D eigenvalue weighted by atomic mass is 32.2. The Bertz CT molecular complexity index is 941. The van der Waals surface area contributed by atoms with Gasteiger partial charge in [0, 0.05) is 4.90 Å². The maximum absolute atomic E-state index is 13.5. The van der Waals surface area contributed by atoms with Crippen molar-refractivity contribution in [2.24, 2.45) is 0 Å². The van der Waals surface area contributed by atoms with E-state index in [4.69, 9.17) is 0 Å². The van der Waals surface area contributed by atoms with E-state index >= 15 is 0 Å². The van der Waals surface area contributed by atoms with E-state index in [9.17, 15) is 14.0 Å². The average molecular weight is 368 g/mol. The molecule has 3 aromatic rings. The largest absolute Gasteiger partial charge is 0.273 e. The molecule has 132 valence electrons. The van der Waals surface area contributed by atoms with Gasteiger partial charge in [0.25, 0.3) is 0 Å². The van der Waals surface area contributed by atoms with Gasteiger partial charge in [0.05, 0.1) is 12.2 Å². The Labute approximate surface area is 154 Å². The maximum atomic E-state index is 13.5. The van der Waals surface area contributed by atoms with Crippen LogP contribution in [0.5, 0.6) is 0 Å². The van der Waals surface area contributed by atoms with Gasteiger partial charge in [-0.25, -0.2) is 4.39 Å². The molecule has 0 aliphatic heterocycles. The summed E-state index contributed by atoms with van der Waals surface area (Å²) in [5.41, 5.74) is 5.64. The first-order valence-electron chi connectivity index (χ1n) is 8.05. The smallest absolute Gasteiger partial charge is 0.248 e. The van der Waals surface area contributed by atoms with Gasteiger partial charge in [-0.3, -0.25) is 20.4 Å². The first-order chi connectivity index (χ1) is 12.6. The fourth-order valence-electron chi connectivity index (χ4n) is 2.54. The lowest BCUT2D eigenvalue weighted by Gasteiger charge is -2.09. The minimum atomic E-state index is -0.399. The topological polar surface area (TPSA) is 58.2 Å². The molecule has 4 nitrogen and oxygen atoms in total. The molecule has 6 heteroatoms. The molecule has 2 N–H and O–H groups in total. The van der Waals surface area contributed by atoms with Gasteiger partial charge in [0.2, 0.25) is 11.8 Å². The molecule has 0 aliphatic rings. The molecule has 0 saturated heterocycles. The molecule has 3 rings (SSSR count). The molecule has 0 fully saturated rings. The Hall–Kier alpha value is -2.86. The van der Waals surface area contributed by atoms with E-state index in [0.29, 0.717) is 4.90 Å². The van der Waals surface area contributed by atoms with Crippen molar-refractivity contribution in [1.29, 1.82) is 0 Å². The van der Waals surface area contributed by atoms with Crippen LogP contribution in [0.2, 0.25) is 0 Å². The van der Waals surface area contributed by atoms with Crippen molar-refractivity contribution in [3.63, 3.8) is 0 Å². The molecule has 0 spiro atoms. The van der Waals surface area contributed by atoms with Crippen molar-refractivity contribution in [3.8, 4) is 0 Å². The van der Waals surface area contributed by atoms with Gasteiger partial charge in [0.1, 0.15) is 5.82 Å². The number of hydrogen-bond acceptors (Lipinski definition) is 3. The van der Waals surface area contributed by atoms with Gasteiger partial charge in [-0.2, -0.15) is 0 Å². The van der Waals surface area contributed by atoms with Crippen LogP contribution in [0.4, 0.5) is 4.39 Å². The summed E-state index contributed by atoms with van der Waals surface area (Å²) >= 11 is 1.07. The molecule has 0 heterocycles. The number of carbonyl (C=O) groups is 2. The van der Waals surface area contributed by atoms with Crippen molar-refractivity contribution in [2.45, 2.75) is 11.3 Å². The summed E-state index contributed by atoms with van der Waals surface area (Å²) in [6, 6.07) is 19.8.